The van der Waals surface area contributed by atoms with Crippen molar-refractivity contribution < 1.29 is 9.16 Å². The Labute approximate surface area is 95.8 Å². The molecule has 0 aliphatic carbocycles. The van der Waals surface area contributed by atoms with Crippen molar-refractivity contribution in [2.24, 2.45) is 0 Å². The quantitative estimate of drug-likeness (QED) is 0.513. The Hall–Kier alpha value is -0.123. The summed E-state index contributed by atoms with van der Waals surface area (Å²) in [5.74, 6) is 0. The van der Waals surface area contributed by atoms with Crippen LogP contribution in [0.15, 0.2) is 12.7 Å². The van der Waals surface area contributed by atoms with Gasteiger partial charge in [0.15, 0.2) is 8.32 Å². The second-order valence-electron chi connectivity index (χ2n) is 5.41. The van der Waals surface area contributed by atoms with E-state index in [4.69, 9.17) is 9.16 Å². The Kier molecular flexibility index (Phi) is 5.78. The number of ether oxygens (including phenoxy) is 1. The Balaban J connectivity index is 4.00. The van der Waals surface area contributed by atoms with Gasteiger partial charge in [0, 0.05) is 13.7 Å². The van der Waals surface area contributed by atoms with Gasteiger partial charge in [-0.15, -0.1) is 6.58 Å². The summed E-state index contributed by atoms with van der Waals surface area (Å²) in [7, 11) is 0.120. The lowest BCUT2D eigenvalue weighted by atomic mass is 10.2. The lowest BCUT2D eigenvalue weighted by Gasteiger charge is -2.36. The second-order valence-corrected chi connectivity index (χ2v) is 10.2. The fourth-order valence-corrected chi connectivity index (χ4v) is 2.04. The summed E-state index contributed by atoms with van der Waals surface area (Å²) < 4.78 is 11.3. The highest BCUT2D eigenvalue weighted by Gasteiger charge is 2.36. The lowest BCUT2D eigenvalue weighted by molar-refractivity contribution is 0.114. The molecule has 0 unspecified atom stereocenters. The molecule has 0 saturated carbocycles. The van der Waals surface area contributed by atoms with Crippen molar-refractivity contribution in [3.63, 3.8) is 0 Å². The van der Waals surface area contributed by atoms with Crippen LogP contribution >= 0.6 is 0 Å². The van der Waals surface area contributed by atoms with Crippen LogP contribution in [-0.2, 0) is 9.16 Å². The molecule has 0 fully saturated rings. The van der Waals surface area contributed by atoms with Crippen molar-refractivity contribution in [2.75, 3.05) is 13.7 Å². The molecule has 0 rings (SSSR count). The molecule has 0 spiro atoms. The van der Waals surface area contributed by atoms with E-state index >= 15 is 0 Å². The number of methoxy groups -OCH3 is 1. The minimum atomic E-state index is -1.59. The van der Waals surface area contributed by atoms with Crippen LogP contribution in [0.3, 0.4) is 0 Å². The van der Waals surface area contributed by atoms with Gasteiger partial charge in [-0.05, 0) is 24.6 Å². The molecule has 3 heteroatoms. The van der Waals surface area contributed by atoms with E-state index in [1.807, 2.05) is 6.08 Å². The van der Waals surface area contributed by atoms with E-state index in [0.29, 0.717) is 0 Å². The molecular formula is C12H26O2Si. The topological polar surface area (TPSA) is 18.5 Å². The molecular weight excluding hydrogens is 204 g/mol. The van der Waals surface area contributed by atoms with Gasteiger partial charge in [-0.3, -0.25) is 0 Å². The fraction of sp³-hybridized carbons (Fsp3) is 0.833. The van der Waals surface area contributed by atoms with E-state index in [1.165, 1.54) is 0 Å². The molecule has 0 aromatic carbocycles. The summed E-state index contributed by atoms with van der Waals surface area (Å²) in [6.07, 6.45) is 2.84. The molecule has 2 nitrogen and oxygen atoms in total. The second kappa shape index (κ2) is 5.82. The third-order valence-electron chi connectivity index (χ3n) is 3.24. The van der Waals surface area contributed by atoms with Crippen molar-refractivity contribution in [3.05, 3.63) is 12.7 Å². The van der Waals surface area contributed by atoms with Gasteiger partial charge in [0.05, 0.1) is 6.10 Å². The number of hydrogen-bond acceptors (Lipinski definition) is 2. The monoisotopic (exact) mass is 230 g/mol. The van der Waals surface area contributed by atoms with E-state index in [0.717, 1.165) is 13.0 Å². The van der Waals surface area contributed by atoms with Crippen LogP contribution in [0.1, 0.15) is 27.2 Å². The first kappa shape index (κ1) is 14.9. The maximum atomic E-state index is 6.04. The fourth-order valence-electron chi connectivity index (χ4n) is 0.979. The molecule has 0 aliphatic rings. The molecule has 0 aromatic heterocycles. The molecule has 0 N–H and O–H groups in total. The standard InChI is InChI=1S/C12H26O2Si/c1-8-11(13-5)9-10-14-15(6,7)12(2,3)4/h8,11H,1,9-10H2,2-7H3/t11-/m0/s1. The van der Waals surface area contributed by atoms with Gasteiger partial charge in [-0.2, -0.15) is 0 Å². The van der Waals surface area contributed by atoms with Gasteiger partial charge < -0.3 is 9.16 Å². The summed E-state index contributed by atoms with van der Waals surface area (Å²) in [4.78, 5) is 0. The minimum absolute atomic E-state index is 0.120. The van der Waals surface area contributed by atoms with E-state index in [-0.39, 0.29) is 11.1 Å². The highest BCUT2D eigenvalue weighted by Crippen LogP contribution is 2.36. The summed E-state index contributed by atoms with van der Waals surface area (Å²) in [5, 5.41) is 0.281. The normalized spacial score (nSPS) is 15.1. The maximum absolute atomic E-state index is 6.04. The van der Waals surface area contributed by atoms with E-state index in [2.05, 4.69) is 40.4 Å². The van der Waals surface area contributed by atoms with Crippen LogP contribution in [0, 0.1) is 0 Å². The SMILES string of the molecule is C=C[C@@H](CCO[Si](C)(C)C(C)(C)C)OC. The van der Waals surface area contributed by atoms with Crippen LogP contribution in [0.25, 0.3) is 0 Å². The van der Waals surface area contributed by atoms with Crippen LogP contribution < -0.4 is 0 Å². The van der Waals surface area contributed by atoms with Crippen molar-refractivity contribution in [2.45, 2.75) is 51.4 Å². The van der Waals surface area contributed by atoms with Gasteiger partial charge in [0.2, 0.25) is 0 Å². The molecule has 0 aromatic rings. The molecule has 90 valence electrons. The average molecular weight is 230 g/mol. The van der Waals surface area contributed by atoms with Gasteiger partial charge in [-0.25, -0.2) is 0 Å². The molecule has 15 heavy (non-hydrogen) atoms. The van der Waals surface area contributed by atoms with Crippen molar-refractivity contribution in [1.29, 1.82) is 0 Å². The summed E-state index contributed by atoms with van der Waals surface area (Å²) in [5.41, 5.74) is 0. The predicted molar refractivity (Wildman–Crippen MR) is 68.8 cm³/mol. The third-order valence-corrected chi connectivity index (χ3v) is 7.78. The molecule has 0 saturated heterocycles. The molecule has 1 atom stereocenters. The molecule has 0 heterocycles. The Morgan fingerprint density at radius 1 is 1.33 bits per heavy atom. The zero-order chi connectivity index (χ0) is 12.1. The van der Waals surface area contributed by atoms with Crippen molar-refractivity contribution >= 4 is 8.32 Å². The van der Waals surface area contributed by atoms with Crippen molar-refractivity contribution in [1.82, 2.24) is 0 Å². The lowest BCUT2D eigenvalue weighted by Crippen LogP contribution is -2.41. The maximum Gasteiger partial charge on any atom is 0.191 e. The van der Waals surface area contributed by atoms with E-state index in [9.17, 15) is 0 Å². The van der Waals surface area contributed by atoms with Crippen LogP contribution in [0.4, 0.5) is 0 Å². The molecule has 0 aliphatic heterocycles. The molecule has 0 radical (unpaired) electrons. The average Bonchev–Trinajstić information content (AvgIpc) is 2.10. The predicted octanol–water partition coefficient (Wildman–Crippen LogP) is 3.60. The largest absolute Gasteiger partial charge is 0.417 e. The van der Waals surface area contributed by atoms with E-state index < -0.39 is 8.32 Å². The minimum Gasteiger partial charge on any atom is -0.417 e. The summed E-state index contributed by atoms with van der Waals surface area (Å²) >= 11 is 0. The highest BCUT2D eigenvalue weighted by atomic mass is 28.4. The van der Waals surface area contributed by atoms with Crippen LogP contribution in [0.5, 0.6) is 0 Å². The van der Waals surface area contributed by atoms with Gasteiger partial charge in [-0.1, -0.05) is 26.8 Å². The zero-order valence-electron chi connectivity index (χ0n) is 11.1. The van der Waals surface area contributed by atoms with Gasteiger partial charge >= 0.3 is 0 Å². The number of rotatable bonds is 6. The Bertz CT molecular complexity index is 194. The first-order valence-electron chi connectivity index (χ1n) is 5.54. The van der Waals surface area contributed by atoms with Crippen LogP contribution in [0.2, 0.25) is 18.1 Å². The van der Waals surface area contributed by atoms with Gasteiger partial charge in [0.1, 0.15) is 0 Å². The summed E-state index contributed by atoms with van der Waals surface area (Å²) in [6.45, 7) is 15.8. The smallest absolute Gasteiger partial charge is 0.191 e. The van der Waals surface area contributed by atoms with Crippen molar-refractivity contribution in [3.8, 4) is 0 Å². The third kappa shape index (κ3) is 4.95. The van der Waals surface area contributed by atoms with E-state index in [1.54, 1.807) is 7.11 Å². The highest BCUT2D eigenvalue weighted by molar-refractivity contribution is 6.74. The summed E-state index contributed by atoms with van der Waals surface area (Å²) in [6, 6.07) is 0. The molecule has 0 bridgehead atoms. The Morgan fingerprint density at radius 2 is 1.87 bits per heavy atom. The zero-order valence-corrected chi connectivity index (χ0v) is 12.1. The van der Waals surface area contributed by atoms with Gasteiger partial charge in [0.25, 0.3) is 0 Å². The first-order valence-corrected chi connectivity index (χ1v) is 8.44. The Morgan fingerprint density at radius 3 is 2.20 bits per heavy atom. The number of hydrogen-bond donors (Lipinski definition) is 0. The first-order chi connectivity index (χ1) is 6.74. The van der Waals surface area contributed by atoms with Crippen LogP contribution in [-0.4, -0.2) is 28.1 Å². The molecule has 0 amide bonds.